The molecule has 1 saturated heterocycles. The van der Waals surface area contributed by atoms with E-state index >= 15 is 0 Å². The van der Waals surface area contributed by atoms with Crippen molar-refractivity contribution in [2.75, 3.05) is 26.7 Å². The van der Waals surface area contributed by atoms with Gasteiger partial charge in [-0.2, -0.15) is 0 Å². The fraction of sp³-hybridized carbons (Fsp3) is 0.714. The van der Waals surface area contributed by atoms with Crippen LogP contribution in [0.25, 0.3) is 0 Å². The standard InChI is InChI=1S/C14H25N3O2S2/c1-11(2)17-7-6-12(10-17)8-16-21(18,19)14-5-4-13(20-14)9-15-3/h4-5,11-12,15-16H,6-10H2,1-3H3. The summed E-state index contributed by atoms with van der Waals surface area (Å²) in [6.45, 7) is 7.64. The van der Waals surface area contributed by atoms with Crippen LogP contribution in [0.3, 0.4) is 0 Å². The number of thiophene rings is 1. The van der Waals surface area contributed by atoms with Gasteiger partial charge in [0.25, 0.3) is 0 Å². The monoisotopic (exact) mass is 331 g/mol. The first-order valence-corrected chi connectivity index (χ1v) is 9.69. The van der Waals surface area contributed by atoms with E-state index in [-0.39, 0.29) is 0 Å². The molecule has 1 unspecified atom stereocenters. The molecule has 7 heteroatoms. The summed E-state index contributed by atoms with van der Waals surface area (Å²) in [5.41, 5.74) is 0. The Morgan fingerprint density at radius 2 is 2.19 bits per heavy atom. The Bertz CT molecular complexity index is 554. The van der Waals surface area contributed by atoms with Crippen molar-refractivity contribution in [1.29, 1.82) is 0 Å². The summed E-state index contributed by atoms with van der Waals surface area (Å²) < 4.78 is 27.8. The van der Waals surface area contributed by atoms with Crippen LogP contribution in [0.5, 0.6) is 0 Å². The summed E-state index contributed by atoms with van der Waals surface area (Å²) in [7, 11) is -1.51. The Hall–Kier alpha value is -0.470. The van der Waals surface area contributed by atoms with E-state index in [1.807, 2.05) is 13.1 Å². The van der Waals surface area contributed by atoms with Crippen molar-refractivity contribution in [1.82, 2.24) is 14.9 Å². The van der Waals surface area contributed by atoms with Crippen molar-refractivity contribution in [2.45, 2.75) is 37.1 Å². The Morgan fingerprint density at radius 1 is 1.43 bits per heavy atom. The third-order valence-electron chi connectivity index (χ3n) is 3.86. The number of likely N-dealkylation sites (tertiary alicyclic amines) is 1. The molecule has 1 aromatic rings. The highest BCUT2D eigenvalue weighted by molar-refractivity contribution is 7.91. The lowest BCUT2D eigenvalue weighted by molar-refractivity contribution is 0.265. The van der Waals surface area contributed by atoms with E-state index in [0.29, 0.717) is 29.3 Å². The molecule has 1 aromatic heterocycles. The van der Waals surface area contributed by atoms with Gasteiger partial charge in [0.2, 0.25) is 10.0 Å². The van der Waals surface area contributed by atoms with Gasteiger partial charge in [0.05, 0.1) is 0 Å². The highest BCUT2D eigenvalue weighted by atomic mass is 32.2. The van der Waals surface area contributed by atoms with Crippen LogP contribution >= 0.6 is 11.3 Å². The first-order valence-electron chi connectivity index (χ1n) is 7.39. The molecule has 0 bridgehead atoms. The van der Waals surface area contributed by atoms with Gasteiger partial charge in [-0.3, -0.25) is 0 Å². The van der Waals surface area contributed by atoms with Crippen molar-refractivity contribution in [3.63, 3.8) is 0 Å². The molecule has 0 amide bonds. The molecule has 0 radical (unpaired) electrons. The summed E-state index contributed by atoms with van der Waals surface area (Å²) in [5.74, 6) is 0.416. The van der Waals surface area contributed by atoms with Gasteiger partial charge in [-0.05, 0) is 51.9 Å². The molecule has 2 rings (SSSR count). The number of sulfonamides is 1. The van der Waals surface area contributed by atoms with Crippen LogP contribution in [0, 0.1) is 5.92 Å². The molecule has 0 aromatic carbocycles. The Labute approximate surface area is 131 Å². The van der Waals surface area contributed by atoms with Crippen LogP contribution in [-0.4, -0.2) is 46.0 Å². The zero-order valence-corrected chi connectivity index (χ0v) is 14.6. The SMILES string of the molecule is CNCc1ccc(S(=O)(=O)NCC2CCN(C(C)C)C2)s1. The largest absolute Gasteiger partial charge is 0.315 e. The normalized spacial score (nSPS) is 20.5. The van der Waals surface area contributed by atoms with Crippen LogP contribution in [0.1, 0.15) is 25.1 Å². The molecule has 0 saturated carbocycles. The molecule has 1 atom stereocenters. The van der Waals surface area contributed by atoms with Crippen molar-refractivity contribution >= 4 is 21.4 Å². The van der Waals surface area contributed by atoms with Gasteiger partial charge in [-0.1, -0.05) is 0 Å². The third kappa shape index (κ3) is 4.50. The van der Waals surface area contributed by atoms with Crippen LogP contribution in [-0.2, 0) is 16.6 Å². The molecule has 120 valence electrons. The minimum atomic E-state index is -3.36. The third-order valence-corrected chi connectivity index (χ3v) is 6.86. The van der Waals surface area contributed by atoms with Crippen LogP contribution < -0.4 is 10.0 Å². The van der Waals surface area contributed by atoms with E-state index in [1.54, 1.807) is 6.07 Å². The van der Waals surface area contributed by atoms with Crippen molar-refractivity contribution in [3.8, 4) is 0 Å². The highest BCUT2D eigenvalue weighted by Crippen LogP contribution is 2.22. The number of nitrogens with one attached hydrogen (secondary N) is 2. The summed E-state index contributed by atoms with van der Waals surface area (Å²) >= 11 is 1.33. The minimum absolute atomic E-state index is 0.409. The van der Waals surface area contributed by atoms with Crippen LogP contribution in [0.2, 0.25) is 0 Å². The molecule has 0 aliphatic carbocycles. The van der Waals surface area contributed by atoms with Gasteiger partial charge in [-0.25, -0.2) is 13.1 Å². The number of rotatable bonds is 7. The number of hydrogen-bond donors (Lipinski definition) is 2. The van der Waals surface area contributed by atoms with Gasteiger partial charge < -0.3 is 10.2 Å². The number of nitrogens with zero attached hydrogens (tertiary/aromatic N) is 1. The maximum atomic E-state index is 12.3. The zero-order valence-electron chi connectivity index (χ0n) is 12.9. The van der Waals surface area contributed by atoms with Crippen LogP contribution in [0.4, 0.5) is 0 Å². The van der Waals surface area contributed by atoms with E-state index < -0.39 is 10.0 Å². The van der Waals surface area contributed by atoms with Gasteiger partial charge >= 0.3 is 0 Å². The van der Waals surface area contributed by atoms with Crippen molar-refractivity contribution < 1.29 is 8.42 Å². The van der Waals surface area contributed by atoms with Crippen molar-refractivity contribution in [2.24, 2.45) is 5.92 Å². The first-order chi connectivity index (χ1) is 9.92. The summed E-state index contributed by atoms with van der Waals surface area (Å²) in [5, 5.41) is 3.03. The lowest BCUT2D eigenvalue weighted by Gasteiger charge is -2.20. The maximum absolute atomic E-state index is 12.3. The molecule has 1 aliphatic rings. The lowest BCUT2D eigenvalue weighted by atomic mass is 10.1. The Kier molecular flexibility index (Phi) is 5.79. The van der Waals surface area contributed by atoms with E-state index in [4.69, 9.17) is 0 Å². The second kappa shape index (κ2) is 7.19. The topological polar surface area (TPSA) is 61.4 Å². The molecule has 1 aliphatic heterocycles. The first kappa shape index (κ1) is 16.9. The van der Waals surface area contributed by atoms with E-state index in [1.165, 1.54) is 11.3 Å². The van der Waals surface area contributed by atoms with Gasteiger partial charge in [0.15, 0.2) is 0 Å². The quantitative estimate of drug-likeness (QED) is 0.794. The molecule has 0 spiro atoms. The van der Waals surface area contributed by atoms with Gasteiger partial charge in [0.1, 0.15) is 4.21 Å². The van der Waals surface area contributed by atoms with E-state index in [0.717, 1.165) is 24.4 Å². The molecule has 5 nitrogen and oxygen atoms in total. The minimum Gasteiger partial charge on any atom is -0.315 e. The summed E-state index contributed by atoms with van der Waals surface area (Å²) in [6.07, 6.45) is 1.07. The maximum Gasteiger partial charge on any atom is 0.250 e. The molecular weight excluding hydrogens is 306 g/mol. The predicted octanol–water partition coefficient (Wildman–Crippen LogP) is 1.48. The molecular formula is C14H25N3O2S2. The van der Waals surface area contributed by atoms with Crippen LogP contribution in [0.15, 0.2) is 16.3 Å². The van der Waals surface area contributed by atoms with E-state index in [9.17, 15) is 8.42 Å². The molecule has 2 N–H and O–H groups in total. The Morgan fingerprint density at radius 3 is 2.81 bits per heavy atom. The fourth-order valence-corrected chi connectivity index (χ4v) is 5.10. The fourth-order valence-electron chi connectivity index (χ4n) is 2.57. The average Bonchev–Trinajstić information content (AvgIpc) is 3.06. The lowest BCUT2D eigenvalue weighted by Crippen LogP contribution is -2.32. The molecule has 1 fully saturated rings. The van der Waals surface area contributed by atoms with Gasteiger partial charge in [0, 0.05) is 30.6 Å². The number of hydrogen-bond acceptors (Lipinski definition) is 5. The summed E-state index contributed by atoms with van der Waals surface area (Å²) in [4.78, 5) is 3.43. The smallest absolute Gasteiger partial charge is 0.250 e. The molecule has 2 heterocycles. The van der Waals surface area contributed by atoms with Gasteiger partial charge in [-0.15, -0.1) is 11.3 Å². The Balaban J connectivity index is 1.89. The highest BCUT2D eigenvalue weighted by Gasteiger charge is 2.26. The second-order valence-corrected chi connectivity index (χ2v) is 9.01. The van der Waals surface area contributed by atoms with Crippen molar-refractivity contribution in [3.05, 3.63) is 17.0 Å². The predicted molar refractivity (Wildman–Crippen MR) is 87.1 cm³/mol. The van der Waals surface area contributed by atoms with E-state index in [2.05, 4.69) is 28.8 Å². The second-order valence-electron chi connectivity index (χ2n) is 5.85. The zero-order chi connectivity index (χ0) is 15.5. The molecule has 21 heavy (non-hydrogen) atoms. The average molecular weight is 332 g/mol. The summed E-state index contributed by atoms with van der Waals surface area (Å²) in [6, 6.07) is 4.09.